The smallest absolute Gasteiger partial charge is 0.319 e. The van der Waals surface area contributed by atoms with Crippen molar-refractivity contribution in [3.63, 3.8) is 0 Å². The van der Waals surface area contributed by atoms with Gasteiger partial charge in [0, 0.05) is 35.6 Å². The van der Waals surface area contributed by atoms with Gasteiger partial charge in [-0.05, 0) is 49.2 Å². The maximum absolute atomic E-state index is 14.2. The van der Waals surface area contributed by atoms with Crippen LogP contribution in [0.1, 0.15) is 19.3 Å². The molecule has 7 N–H and O–H groups in total. The quantitative estimate of drug-likeness (QED) is 0.184. The molecule has 194 valence electrons. The van der Waals surface area contributed by atoms with Gasteiger partial charge in [0.05, 0.1) is 35.4 Å². The van der Waals surface area contributed by atoms with E-state index in [2.05, 4.69) is 25.9 Å². The Morgan fingerprint density at radius 1 is 1.03 bits per heavy atom. The molecule has 10 nitrogen and oxygen atoms in total. The largest absolute Gasteiger partial charge is 0.393 e. The third kappa shape index (κ3) is 6.32. The van der Waals surface area contributed by atoms with E-state index in [1.807, 2.05) is 0 Å². The molecule has 2 unspecified atom stereocenters. The Bertz CT molecular complexity index is 1500. The number of hydrogen-bond acceptors (Lipinski definition) is 5. The van der Waals surface area contributed by atoms with E-state index in [4.69, 9.17) is 0 Å². The second kappa shape index (κ2) is 11.2. The van der Waals surface area contributed by atoms with Gasteiger partial charge in [-0.25, -0.2) is 9.18 Å². The van der Waals surface area contributed by atoms with E-state index < -0.39 is 24.1 Å². The molecule has 2 heterocycles. The average molecular weight is 510 g/mol. The Morgan fingerprint density at radius 3 is 2.62 bits per heavy atom. The molecule has 37 heavy (non-hydrogen) atoms. The van der Waals surface area contributed by atoms with Crippen LogP contribution >= 0.6 is 0 Å². The molecule has 0 bridgehead atoms. The van der Waals surface area contributed by atoms with Gasteiger partial charge in [0.2, 0.25) is 5.91 Å². The number of nitrogens with one attached hydrogen (secondary N) is 5. The molecule has 0 aliphatic carbocycles. The van der Waals surface area contributed by atoms with Crippen molar-refractivity contribution in [2.75, 3.05) is 18.9 Å². The summed E-state index contributed by atoms with van der Waals surface area (Å²) >= 11 is 0. The first-order valence-electron chi connectivity index (χ1n) is 11.8. The first kappa shape index (κ1) is 25.9. The first-order chi connectivity index (χ1) is 17.7. The Labute approximate surface area is 210 Å². The number of rotatable bonds is 9. The minimum atomic E-state index is -0.967. The van der Waals surface area contributed by atoms with Crippen LogP contribution in [0, 0.1) is 5.82 Å². The number of urea groups is 1. The molecule has 0 aliphatic rings. The molecule has 0 saturated carbocycles. The number of anilines is 1. The predicted octanol–water partition coefficient (Wildman–Crippen LogP) is 2.58. The minimum Gasteiger partial charge on any atom is -0.393 e. The monoisotopic (exact) mass is 509 g/mol. The van der Waals surface area contributed by atoms with Gasteiger partial charge in [0.25, 0.3) is 5.56 Å². The second-order valence-corrected chi connectivity index (χ2v) is 8.79. The van der Waals surface area contributed by atoms with Crippen molar-refractivity contribution < 1.29 is 24.2 Å². The lowest BCUT2D eigenvalue weighted by molar-refractivity contribution is -0.122. The van der Waals surface area contributed by atoms with Crippen LogP contribution in [0.15, 0.2) is 53.3 Å². The van der Waals surface area contributed by atoms with Gasteiger partial charge in [-0.2, -0.15) is 0 Å². The van der Waals surface area contributed by atoms with Crippen molar-refractivity contribution in [1.82, 2.24) is 20.6 Å². The summed E-state index contributed by atoms with van der Waals surface area (Å²) in [5.41, 5.74) is 2.02. The number of aliphatic hydroxyl groups is 2. The Balaban J connectivity index is 1.37. The van der Waals surface area contributed by atoms with Crippen LogP contribution in [0.2, 0.25) is 0 Å². The zero-order valence-corrected chi connectivity index (χ0v) is 20.1. The lowest BCUT2D eigenvalue weighted by Gasteiger charge is -2.15. The highest BCUT2D eigenvalue weighted by Crippen LogP contribution is 2.26. The van der Waals surface area contributed by atoms with E-state index in [1.165, 1.54) is 25.2 Å². The van der Waals surface area contributed by atoms with Crippen molar-refractivity contribution in [2.45, 2.75) is 31.5 Å². The van der Waals surface area contributed by atoms with Crippen LogP contribution in [0.3, 0.4) is 0 Å². The third-order valence-corrected chi connectivity index (χ3v) is 6.01. The fraction of sp³-hybridized carbons (Fsp3) is 0.269. The number of aromatic nitrogens is 2. The van der Waals surface area contributed by atoms with Crippen LogP contribution in [-0.4, -0.2) is 57.9 Å². The fourth-order valence-corrected chi connectivity index (χ4v) is 4.10. The molecule has 2 aromatic carbocycles. The maximum atomic E-state index is 14.2. The van der Waals surface area contributed by atoms with E-state index in [1.54, 1.807) is 30.3 Å². The van der Waals surface area contributed by atoms with Gasteiger partial charge in [-0.1, -0.05) is 12.1 Å². The summed E-state index contributed by atoms with van der Waals surface area (Å²) in [6.07, 6.45) is -1.71. The number of hydrogen-bond donors (Lipinski definition) is 7. The highest BCUT2D eigenvalue weighted by atomic mass is 19.1. The van der Waals surface area contributed by atoms with E-state index in [9.17, 15) is 29.0 Å². The number of fused-ring (bicyclic) bond motifs is 2. The Hall–Kier alpha value is -4.22. The van der Waals surface area contributed by atoms with Crippen molar-refractivity contribution in [1.29, 1.82) is 0 Å². The summed E-state index contributed by atoms with van der Waals surface area (Å²) < 4.78 is 14.2. The van der Waals surface area contributed by atoms with E-state index >= 15 is 0 Å². The molecule has 0 radical (unpaired) electrons. The summed E-state index contributed by atoms with van der Waals surface area (Å²) in [4.78, 5) is 42.0. The van der Waals surface area contributed by atoms with Crippen LogP contribution < -0.4 is 21.5 Å². The molecule has 2 aromatic heterocycles. The molecule has 0 aliphatic heterocycles. The van der Waals surface area contributed by atoms with Crippen molar-refractivity contribution in [3.8, 4) is 11.3 Å². The van der Waals surface area contributed by atoms with Gasteiger partial charge >= 0.3 is 6.03 Å². The highest BCUT2D eigenvalue weighted by Gasteiger charge is 2.16. The summed E-state index contributed by atoms with van der Waals surface area (Å²) in [6.45, 7) is 0.163. The summed E-state index contributed by atoms with van der Waals surface area (Å²) in [6, 6.07) is 12.5. The van der Waals surface area contributed by atoms with Crippen molar-refractivity contribution in [3.05, 3.63) is 64.7 Å². The van der Waals surface area contributed by atoms with E-state index in [-0.39, 0.29) is 37.3 Å². The molecule has 4 aromatic rings. The number of carbonyl (C=O) groups excluding carboxylic acids is 2. The van der Waals surface area contributed by atoms with Gasteiger partial charge in [-0.15, -0.1) is 0 Å². The van der Waals surface area contributed by atoms with Crippen LogP contribution in [0.5, 0.6) is 0 Å². The minimum absolute atomic E-state index is 0.0230. The third-order valence-electron chi connectivity index (χ3n) is 6.01. The molecule has 2 atom stereocenters. The summed E-state index contributed by atoms with van der Waals surface area (Å²) in [5, 5.41) is 28.6. The lowest BCUT2D eigenvalue weighted by atomic mass is 10.1. The molecular weight excluding hydrogens is 481 g/mol. The van der Waals surface area contributed by atoms with E-state index in [0.29, 0.717) is 33.4 Å². The maximum Gasteiger partial charge on any atom is 0.319 e. The molecule has 4 rings (SSSR count). The van der Waals surface area contributed by atoms with Gasteiger partial charge < -0.3 is 36.1 Å². The molecule has 0 saturated heterocycles. The van der Waals surface area contributed by atoms with Crippen LogP contribution in [0.4, 0.5) is 14.9 Å². The number of aromatic amines is 2. The van der Waals surface area contributed by atoms with Crippen LogP contribution in [0.25, 0.3) is 33.1 Å². The molecule has 0 fully saturated rings. The van der Waals surface area contributed by atoms with Crippen molar-refractivity contribution in [2.24, 2.45) is 0 Å². The summed E-state index contributed by atoms with van der Waals surface area (Å²) in [5.74, 6) is -0.752. The average Bonchev–Trinajstić information content (AvgIpc) is 3.26. The zero-order valence-electron chi connectivity index (χ0n) is 20.1. The number of benzene rings is 2. The topological polar surface area (TPSA) is 159 Å². The predicted molar refractivity (Wildman–Crippen MR) is 139 cm³/mol. The second-order valence-electron chi connectivity index (χ2n) is 8.79. The van der Waals surface area contributed by atoms with Gasteiger partial charge in [0.1, 0.15) is 5.82 Å². The van der Waals surface area contributed by atoms with Crippen molar-refractivity contribution >= 4 is 39.4 Å². The highest BCUT2D eigenvalue weighted by molar-refractivity contribution is 5.94. The number of amides is 3. The Morgan fingerprint density at radius 2 is 1.84 bits per heavy atom. The molecule has 11 heteroatoms. The standard InChI is InChI=1S/C26H28FN5O5/c1-28-24(35)12-17(34)11-16(33)7-8-29-26(37)30-15-6-5-14-9-23(31-22(14)10-15)19-13-18-20(27)3-2-4-21(18)32-25(19)36/h2-6,9-10,13,16-17,31,33-34H,7-8,11-12H2,1H3,(H,28,35)(H,32,36)(H2,29,30,37). The molecule has 3 amide bonds. The van der Waals surface area contributed by atoms with Gasteiger partial charge in [-0.3, -0.25) is 9.59 Å². The Kier molecular flexibility index (Phi) is 7.85. The molecular formula is C26H28FN5O5. The first-order valence-corrected chi connectivity index (χ1v) is 11.8. The SMILES string of the molecule is CNC(=O)CC(O)CC(O)CCNC(=O)Nc1ccc2cc(-c3cc4c(F)cccc4[nH]c3=O)[nH]c2c1. The number of aliphatic hydroxyl groups excluding tert-OH is 2. The van der Waals surface area contributed by atoms with E-state index in [0.717, 1.165) is 5.39 Å². The lowest BCUT2D eigenvalue weighted by Crippen LogP contribution is -2.32. The van der Waals surface area contributed by atoms with Gasteiger partial charge in [0.15, 0.2) is 0 Å². The normalized spacial score (nSPS) is 12.9. The molecule has 0 spiro atoms. The number of pyridine rings is 1. The fourth-order valence-electron chi connectivity index (χ4n) is 4.10. The number of halogens is 1. The number of carbonyl (C=O) groups is 2. The zero-order chi connectivity index (χ0) is 26.5. The van der Waals surface area contributed by atoms with Crippen LogP contribution in [-0.2, 0) is 4.79 Å². The number of H-pyrrole nitrogens is 2. The summed E-state index contributed by atoms with van der Waals surface area (Å²) in [7, 11) is 1.47.